The number of anilines is 3. The fourth-order valence-corrected chi connectivity index (χ4v) is 13.7. The Morgan fingerprint density at radius 1 is 0.351 bits per heavy atom. The van der Waals surface area contributed by atoms with Gasteiger partial charge in [-0.2, -0.15) is 0 Å². The van der Waals surface area contributed by atoms with Crippen LogP contribution in [-0.2, 0) is 10.8 Å². The highest BCUT2D eigenvalue weighted by atomic mass is 32.1. The van der Waals surface area contributed by atoms with Crippen molar-refractivity contribution in [1.82, 2.24) is 0 Å². The van der Waals surface area contributed by atoms with E-state index in [-0.39, 0.29) is 5.41 Å². The van der Waals surface area contributed by atoms with E-state index in [1.165, 1.54) is 103 Å². The van der Waals surface area contributed by atoms with Crippen LogP contribution >= 0.6 is 11.3 Å². The molecule has 0 atom stereocenters. The third kappa shape index (κ3) is 7.66. The Labute approximate surface area is 455 Å². The molecule has 77 heavy (non-hydrogen) atoms. The van der Waals surface area contributed by atoms with Crippen LogP contribution in [0.1, 0.15) is 48.6 Å². The van der Waals surface area contributed by atoms with Gasteiger partial charge in [-0.25, -0.2) is 0 Å². The zero-order valence-electron chi connectivity index (χ0n) is 43.4. The molecule has 0 fully saturated rings. The highest BCUT2D eigenvalue weighted by Gasteiger charge is 2.46. The highest BCUT2D eigenvalue weighted by molar-refractivity contribution is 7.25. The van der Waals surface area contributed by atoms with E-state index in [9.17, 15) is 0 Å². The molecule has 0 amide bonds. The third-order valence-corrected chi connectivity index (χ3v) is 17.3. The van der Waals surface area contributed by atoms with Crippen LogP contribution in [0, 0.1) is 0 Å². The first-order valence-electron chi connectivity index (χ1n) is 26.8. The molecule has 14 rings (SSSR count). The van der Waals surface area contributed by atoms with Crippen LogP contribution in [0.5, 0.6) is 0 Å². The van der Waals surface area contributed by atoms with Crippen molar-refractivity contribution in [1.29, 1.82) is 0 Å². The molecule has 13 aromatic rings. The fourth-order valence-electron chi connectivity index (χ4n) is 12.6. The van der Waals surface area contributed by atoms with Gasteiger partial charge in [0.05, 0.1) is 16.8 Å². The van der Waals surface area contributed by atoms with Crippen molar-refractivity contribution in [3.05, 3.63) is 307 Å². The lowest BCUT2D eigenvalue weighted by Gasteiger charge is -2.34. The first-order chi connectivity index (χ1) is 37.8. The average Bonchev–Trinajstić information content (AvgIpc) is 4.08. The SMILES string of the molecule is CC(C)(C)c1ccc(-c2ccc(N(c3ccc4c(c3)-c3ccccc3C4(c3ccccc3)c3ccccc3)c3ccc4ccccc4c3-c3ccccc3-c3cccc4sc5ccccc5c34)c(-c3ccccc3)c2)cc1. The van der Waals surface area contributed by atoms with E-state index >= 15 is 0 Å². The summed E-state index contributed by atoms with van der Waals surface area (Å²) in [5, 5.41) is 4.98. The van der Waals surface area contributed by atoms with Crippen LogP contribution < -0.4 is 4.90 Å². The van der Waals surface area contributed by atoms with Crippen molar-refractivity contribution in [2.24, 2.45) is 0 Å². The summed E-state index contributed by atoms with van der Waals surface area (Å²) >= 11 is 1.87. The van der Waals surface area contributed by atoms with Gasteiger partial charge in [-0.3, -0.25) is 0 Å². The van der Waals surface area contributed by atoms with Gasteiger partial charge < -0.3 is 4.90 Å². The summed E-state index contributed by atoms with van der Waals surface area (Å²) in [5.74, 6) is 0. The third-order valence-electron chi connectivity index (χ3n) is 16.1. The van der Waals surface area contributed by atoms with E-state index in [2.05, 4.69) is 305 Å². The minimum absolute atomic E-state index is 0.0521. The topological polar surface area (TPSA) is 3.24 Å². The zero-order chi connectivity index (χ0) is 51.7. The number of hydrogen-bond donors (Lipinski definition) is 0. The van der Waals surface area contributed by atoms with Crippen LogP contribution in [-0.4, -0.2) is 0 Å². The maximum atomic E-state index is 2.57. The van der Waals surface area contributed by atoms with Gasteiger partial charge in [0.1, 0.15) is 0 Å². The number of benzene rings is 12. The van der Waals surface area contributed by atoms with E-state index in [1.807, 2.05) is 11.3 Å². The monoisotopic (exact) mass is 1000 g/mol. The first kappa shape index (κ1) is 46.5. The molecular formula is C75H55NS. The molecule has 0 saturated heterocycles. The van der Waals surface area contributed by atoms with Gasteiger partial charge in [-0.1, -0.05) is 257 Å². The Balaban J connectivity index is 1.08. The maximum absolute atomic E-state index is 2.57. The smallest absolute Gasteiger partial charge is 0.0713 e. The lowest BCUT2D eigenvalue weighted by Crippen LogP contribution is -2.28. The Morgan fingerprint density at radius 3 is 1.66 bits per heavy atom. The molecule has 0 aliphatic heterocycles. The minimum atomic E-state index is -0.531. The molecule has 1 aromatic heterocycles. The molecule has 366 valence electrons. The van der Waals surface area contributed by atoms with Crippen molar-refractivity contribution in [3.8, 4) is 55.6 Å². The lowest BCUT2D eigenvalue weighted by molar-refractivity contribution is 0.590. The number of thiophene rings is 1. The molecule has 12 aromatic carbocycles. The van der Waals surface area contributed by atoms with E-state index in [0.29, 0.717) is 0 Å². The van der Waals surface area contributed by atoms with Gasteiger partial charge >= 0.3 is 0 Å². The molecule has 0 unspecified atom stereocenters. The van der Waals surface area contributed by atoms with E-state index in [0.717, 1.165) is 28.2 Å². The summed E-state index contributed by atoms with van der Waals surface area (Å²) in [6.07, 6.45) is 0. The standard InChI is InChI=1S/C75H55NS/c1-74(2,3)54-42-38-50(39-43-54)53-41-46-68(64(48-53)51-22-7-4-8-23-51)76(57-44-45-67-65(49-57)60-31-17-19-35-66(60)75(67,55-25-9-5-10-26-55)56-27-11-6-12-28-56)69-47-40-52-24-13-14-29-58(52)72(69)61-32-16-15-30-59(61)62-34-21-37-71-73(62)63-33-18-20-36-70(63)77-71/h4-49H,1-3H3. The molecule has 0 N–H and O–H groups in total. The predicted molar refractivity (Wildman–Crippen MR) is 329 cm³/mol. The second-order valence-electron chi connectivity index (χ2n) is 21.5. The largest absolute Gasteiger partial charge is 0.309 e. The van der Waals surface area contributed by atoms with Gasteiger partial charge in [0.25, 0.3) is 0 Å². The molecule has 0 spiro atoms. The van der Waals surface area contributed by atoms with Gasteiger partial charge in [0.2, 0.25) is 0 Å². The molecule has 1 aliphatic carbocycles. The quantitative estimate of drug-likeness (QED) is 0.139. The van der Waals surface area contributed by atoms with Crippen molar-refractivity contribution in [2.45, 2.75) is 31.6 Å². The van der Waals surface area contributed by atoms with Crippen molar-refractivity contribution in [3.63, 3.8) is 0 Å². The Morgan fingerprint density at radius 2 is 0.922 bits per heavy atom. The summed E-state index contributed by atoms with van der Waals surface area (Å²) in [7, 11) is 0. The lowest BCUT2D eigenvalue weighted by atomic mass is 9.68. The van der Waals surface area contributed by atoms with E-state index in [1.54, 1.807) is 0 Å². The average molecular weight is 1000 g/mol. The van der Waals surface area contributed by atoms with Crippen LogP contribution in [0.25, 0.3) is 86.6 Å². The van der Waals surface area contributed by atoms with E-state index < -0.39 is 5.41 Å². The number of fused-ring (bicyclic) bond motifs is 7. The van der Waals surface area contributed by atoms with Gasteiger partial charge in [0, 0.05) is 37.0 Å². The molecule has 0 bridgehead atoms. The van der Waals surface area contributed by atoms with Crippen LogP contribution in [0.15, 0.2) is 279 Å². The summed E-state index contributed by atoms with van der Waals surface area (Å²) in [4.78, 5) is 2.57. The van der Waals surface area contributed by atoms with Crippen LogP contribution in [0.2, 0.25) is 0 Å². The summed E-state index contributed by atoms with van der Waals surface area (Å²) in [6.45, 7) is 6.84. The minimum Gasteiger partial charge on any atom is -0.309 e. The Kier molecular flexibility index (Phi) is 11.2. The van der Waals surface area contributed by atoms with Gasteiger partial charge in [-0.05, 0) is 131 Å². The molecule has 2 heteroatoms. The Hall–Kier alpha value is -9.08. The van der Waals surface area contributed by atoms with Crippen LogP contribution in [0.3, 0.4) is 0 Å². The second-order valence-corrected chi connectivity index (χ2v) is 22.6. The maximum Gasteiger partial charge on any atom is 0.0713 e. The zero-order valence-corrected chi connectivity index (χ0v) is 44.2. The van der Waals surface area contributed by atoms with Crippen molar-refractivity contribution >= 4 is 59.3 Å². The fraction of sp³-hybridized carbons (Fsp3) is 0.0667. The van der Waals surface area contributed by atoms with Gasteiger partial charge in [0.15, 0.2) is 0 Å². The van der Waals surface area contributed by atoms with Crippen molar-refractivity contribution in [2.75, 3.05) is 4.90 Å². The summed E-state index contributed by atoms with van der Waals surface area (Å²) < 4.78 is 2.59. The molecule has 1 aliphatic rings. The molecule has 1 nitrogen and oxygen atoms in total. The summed E-state index contributed by atoms with van der Waals surface area (Å²) in [6, 6.07) is 104. The highest BCUT2D eigenvalue weighted by Crippen LogP contribution is 2.58. The normalized spacial score (nSPS) is 12.7. The number of nitrogens with zero attached hydrogens (tertiary/aromatic N) is 1. The Bertz CT molecular complexity index is 4310. The second kappa shape index (κ2) is 18.6. The first-order valence-corrected chi connectivity index (χ1v) is 27.6. The molecule has 0 radical (unpaired) electrons. The molecular weight excluding hydrogens is 947 g/mol. The van der Waals surface area contributed by atoms with Crippen molar-refractivity contribution < 1.29 is 0 Å². The molecule has 1 heterocycles. The van der Waals surface area contributed by atoms with Crippen LogP contribution in [0.4, 0.5) is 17.1 Å². The predicted octanol–water partition coefficient (Wildman–Crippen LogP) is 21.0. The van der Waals surface area contributed by atoms with Gasteiger partial charge in [-0.15, -0.1) is 11.3 Å². The number of rotatable bonds is 9. The van der Waals surface area contributed by atoms with E-state index in [4.69, 9.17) is 0 Å². The molecule has 0 saturated carbocycles. The summed E-state index contributed by atoms with van der Waals surface area (Å²) in [5.41, 5.74) is 21.1. The number of hydrogen-bond acceptors (Lipinski definition) is 2.